The lowest BCUT2D eigenvalue weighted by atomic mass is 10.2. The molecule has 16 heavy (non-hydrogen) atoms. The smallest absolute Gasteiger partial charge is 0.247 e. The summed E-state index contributed by atoms with van der Waals surface area (Å²) in [5.74, 6) is -0.0157. The Morgan fingerprint density at radius 1 is 1.31 bits per heavy atom. The van der Waals surface area contributed by atoms with E-state index in [1.54, 1.807) is 6.21 Å². The Morgan fingerprint density at radius 3 is 3.12 bits per heavy atom. The molecule has 0 unspecified atom stereocenters. The fourth-order valence-electron chi connectivity index (χ4n) is 1.72. The summed E-state index contributed by atoms with van der Waals surface area (Å²) in [6, 6.07) is 5.48. The molecular weight excluding hydrogens is 206 g/mol. The van der Waals surface area contributed by atoms with E-state index in [0.29, 0.717) is 24.0 Å². The first-order valence-corrected chi connectivity index (χ1v) is 5.01. The third-order valence-corrected chi connectivity index (χ3v) is 2.47. The topological polar surface area (TPSA) is 74.2 Å². The van der Waals surface area contributed by atoms with Crippen LogP contribution in [-0.2, 0) is 4.79 Å². The highest BCUT2D eigenvalue weighted by Crippen LogP contribution is 2.25. The Bertz CT molecular complexity index is 573. The number of hydrogen-bond acceptors (Lipinski definition) is 4. The van der Waals surface area contributed by atoms with Crippen LogP contribution in [0.15, 0.2) is 23.3 Å². The van der Waals surface area contributed by atoms with Crippen molar-refractivity contribution in [3.8, 4) is 0 Å². The zero-order chi connectivity index (χ0) is 11.0. The fourth-order valence-corrected chi connectivity index (χ4v) is 1.72. The van der Waals surface area contributed by atoms with E-state index in [2.05, 4.69) is 20.5 Å². The average Bonchev–Trinajstić information content (AvgIpc) is 2.77. The van der Waals surface area contributed by atoms with Gasteiger partial charge in [0.05, 0.1) is 5.69 Å². The Kier molecular flexibility index (Phi) is 1.92. The molecular formula is C10H9N5O. The predicted molar refractivity (Wildman–Crippen MR) is 59.1 cm³/mol. The van der Waals surface area contributed by atoms with Crippen LogP contribution in [0.1, 0.15) is 12.8 Å². The van der Waals surface area contributed by atoms with Crippen molar-refractivity contribution >= 4 is 28.8 Å². The molecule has 6 heteroatoms. The molecule has 1 N–H and O–H groups in total. The molecule has 0 saturated heterocycles. The van der Waals surface area contributed by atoms with Gasteiger partial charge in [-0.1, -0.05) is 6.07 Å². The number of carbonyl (C=O) groups excluding carboxylic acids is 1. The summed E-state index contributed by atoms with van der Waals surface area (Å²) in [6.07, 6.45) is 2.92. The molecule has 0 aliphatic carbocycles. The average molecular weight is 215 g/mol. The van der Waals surface area contributed by atoms with Gasteiger partial charge in [-0.25, -0.2) is 0 Å². The zero-order valence-corrected chi connectivity index (χ0v) is 8.42. The summed E-state index contributed by atoms with van der Waals surface area (Å²) < 4.78 is 0. The van der Waals surface area contributed by atoms with E-state index in [-0.39, 0.29) is 5.91 Å². The van der Waals surface area contributed by atoms with Crippen molar-refractivity contribution in [1.29, 1.82) is 0 Å². The molecule has 1 aliphatic heterocycles. The Morgan fingerprint density at radius 2 is 2.25 bits per heavy atom. The zero-order valence-electron chi connectivity index (χ0n) is 8.42. The van der Waals surface area contributed by atoms with Crippen LogP contribution in [0.5, 0.6) is 0 Å². The van der Waals surface area contributed by atoms with E-state index >= 15 is 0 Å². The molecule has 80 valence electrons. The van der Waals surface area contributed by atoms with E-state index in [4.69, 9.17) is 0 Å². The molecule has 2 aromatic rings. The molecule has 3 rings (SSSR count). The first kappa shape index (κ1) is 9.02. The number of nitrogens with one attached hydrogen (secondary N) is 1. The van der Waals surface area contributed by atoms with Gasteiger partial charge in [0.15, 0.2) is 0 Å². The molecule has 0 radical (unpaired) electrons. The van der Waals surface area contributed by atoms with E-state index in [1.807, 2.05) is 18.2 Å². The number of aromatic nitrogens is 3. The lowest BCUT2D eigenvalue weighted by molar-refractivity contribution is -0.118. The van der Waals surface area contributed by atoms with E-state index in [0.717, 1.165) is 5.52 Å². The summed E-state index contributed by atoms with van der Waals surface area (Å²) in [5.41, 5.74) is 2.06. The SMILES string of the molecule is O=C1CCC=NN1c1cccc2n[nH]nc12. The number of rotatable bonds is 1. The summed E-state index contributed by atoms with van der Waals surface area (Å²) >= 11 is 0. The molecule has 6 nitrogen and oxygen atoms in total. The highest BCUT2D eigenvalue weighted by molar-refractivity contribution is 6.02. The maximum atomic E-state index is 11.7. The Balaban J connectivity index is 2.17. The number of amides is 1. The van der Waals surface area contributed by atoms with Crippen molar-refractivity contribution in [3.05, 3.63) is 18.2 Å². The van der Waals surface area contributed by atoms with Crippen LogP contribution in [0.2, 0.25) is 0 Å². The standard InChI is InChI=1S/C10H9N5O/c16-9-5-2-6-11-15(9)8-4-1-3-7-10(8)13-14-12-7/h1,3-4,6H,2,5H2,(H,12,13,14). The van der Waals surface area contributed by atoms with Gasteiger partial charge in [0.1, 0.15) is 11.0 Å². The van der Waals surface area contributed by atoms with Crippen molar-refractivity contribution in [3.63, 3.8) is 0 Å². The van der Waals surface area contributed by atoms with Crippen molar-refractivity contribution in [2.75, 3.05) is 5.01 Å². The summed E-state index contributed by atoms with van der Waals surface area (Å²) in [6.45, 7) is 0. The van der Waals surface area contributed by atoms with Crippen LogP contribution in [0, 0.1) is 0 Å². The van der Waals surface area contributed by atoms with Crippen molar-refractivity contribution < 1.29 is 4.79 Å². The van der Waals surface area contributed by atoms with E-state index in [1.165, 1.54) is 5.01 Å². The molecule has 1 aliphatic rings. The number of benzene rings is 1. The van der Waals surface area contributed by atoms with Crippen LogP contribution >= 0.6 is 0 Å². The normalized spacial score (nSPS) is 16.0. The number of para-hydroxylation sites is 1. The van der Waals surface area contributed by atoms with Crippen molar-refractivity contribution in [2.24, 2.45) is 5.10 Å². The third-order valence-electron chi connectivity index (χ3n) is 2.47. The molecule has 0 fully saturated rings. The minimum absolute atomic E-state index is 0.0157. The van der Waals surface area contributed by atoms with Gasteiger partial charge < -0.3 is 0 Å². The number of anilines is 1. The first-order valence-electron chi connectivity index (χ1n) is 5.01. The molecule has 1 aromatic heterocycles. The number of H-pyrrole nitrogens is 1. The number of aromatic amines is 1. The van der Waals surface area contributed by atoms with Gasteiger partial charge in [-0.15, -0.1) is 0 Å². The van der Waals surface area contributed by atoms with Crippen molar-refractivity contribution in [2.45, 2.75) is 12.8 Å². The largest absolute Gasteiger partial charge is 0.273 e. The summed E-state index contributed by atoms with van der Waals surface area (Å²) in [5, 5.41) is 16.0. The highest BCUT2D eigenvalue weighted by atomic mass is 16.2. The lowest BCUT2D eigenvalue weighted by Gasteiger charge is -2.19. The van der Waals surface area contributed by atoms with E-state index in [9.17, 15) is 4.79 Å². The second kappa shape index (κ2) is 3.41. The van der Waals surface area contributed by atoms with Gasteiger partial charge >= 0.3 is 0 Å². The summed E-state index contributed by atoms with van der Waals surface area (Å²) in [4.78, 5) is 11.7. The predicted octanol–water partition coefficient (Wildman–Crippen LogP) is 1.07. The highest BCUT2D eigenvalue weighted by Gasteiger charge is 2.20. The fraction of sp³-hybridized carbons (Fsp3) is 0.200. The maximum Gasteiger partial charge on any atom is 0.247 e. The monoisotopic (exact) mass is 215 g/mol. The van der Waals surface area contributed by atoms with E-state index < -0.39 is 0 Å². The molecule has 0 bridgehead atoms. The molecule has 0 spiro atoms. The molecule has 0 atom stereocenters. The van der Waals surface area contributed by atoms with Crippen LogP contribution in [0.4, 0.5) is 5.69 Å². The Hall–Kier alpha value is -2.24. The Labute approximate surface area is 90.9 Å². The van der Waals surface area contributed by atoms with Gasteiger partial charge in [-0.05, 0) is 18.6 Å². The van der Waals surface area contributed by atoms with Gasteiger partial charge in [0.25, 0.3) is 0 Å². The minimum atomic E-state index is -0.0157. The maximum absolute atomic E-state index is 11.7. The molecule has 2 heterocycles. The lowest BCUT2D eigenvalue weighted by Crippen LogP contribution is -2.28. The minimum Gasteiger partial charge on any atom is -0.273 e. The number of hydrogen-bond donors (Lipinski definition) is 1. The molecule has 1 amide bonds. The third kappa shape index (κ3) is 1.27. The number of hydrazone groups is 1. The van der Waals surface area contributed by atoms with Crippen LogP contribution in [-0.4, -0.2) is 27.5 Å². The molecule has 0 saturated carbocycles. The van der Waals surface area contributed by atoms with Gasteiger partial charge in [0, 0.05) is 12.6 Å². The van der Waals surface area contributed by atoms with Crippen LogP contribution in [0.3, 0.4) is 0 Å². The number of fused-ring (bicyclic) bond motifs is 1. The van der Waals surface area contributed by atoms with Gasteiger partial charge in [-0.3, -0.25) is 4.79 Å². The van der Waals surface area contributed by atoms with Crippen LogP contribution < -0.4 is 5.01 Å². The van der Waals surface area contributed by atoms with Crippen LogP contribution in [0.25, 0.3) is 11.0 Å². The van der Waals surface area contributed by atoms with Gasteiger partial charge in [0.2, 0.25) is 5.91 Å². The first-order chi connectivity index (χ1) is 7.86. The van der Waals surface area contributed by atoms with Crippen molar-refractivity contribution in [1.82, 2.24) is 15.4 Å². The molecule has 1 aromatic carbocycles. The quantitative estimate of drug-likeness (QED) is 0.773. The number of carbonyl (C=O) groups is 1. The second-order valence-electron chi connectivity index (χ2n) is 3.51. The summed E-state index contributed by atoms with van der Waals surface area (Å²) in [7, 11) is 0. The van der Waals surface area contributed by atoms with Gasteiger partial charge in [-0.2, -0.15) is 25.5 Å². The second-order valence-corrected chi connectivity index (χ2v) is 3.51. The number of nitrogens with zero attached hydrogens (tertiary/aromatic N) is 4.